The average molecular weight is 335 g/mol. The van der Waals surface area contributed by atoms with Gasteiger partial charge in [-0.15, -0.1) is 0 Å². The number of carbonyl (C=O) groups excluding carboxylic acids is 1. The number of nitrogens with zero attached hydrogens (tertiary/aromatic N) is 3. The molecule has 0 saturated heterocycles. The Morgan fingerprint density at radius 2 is 2.20 bits per heavy atom. The zero-order valence-corrected chi connectivity index (χ0v) is 13.4. The Bertz CT molecular complexity index is 1060. The normalized spacial score (nSPS) is 13.2. The molecular formula is C18H14FN5O. The maximum atomic E-state index is 13.7. The molecule has 0 spiro atoms. The van der Waals surface area contributed by atoms with Crippen LogP contribution in [0.15, 0.2) is 30.3 Å². The highest BCUT2D eigenvalue weighted by Gasteiger charge is 2.25. The summed E-state index contributed by atoms with van der Waals surface area (Å²) in [7, 11) is 1.89. The maximum absolute atomic E-state index is 13.7. The Balaban J connectivity index is 1.75. The molecule has 0 fully saturated rings. The minimum Gasteiger partial charge on any atom is -0.352 e. The summed E-state index contributed by atoms with van der Waals surface area (Å²) < 4.78 is 15.7. The maximum Gasteiger partial charge on any atom is 0.253 e. The molecule has 1 amide bonds. The monoisotopic (exact) mass is 335 g/mol. The first-order valence-electron chi connectivity index (χ1n) is 7.79. The summed E-state index contributed by atoms with van der Waals surface area (Å²) in [5.41, 5.74) is 2.83. The number of anilines is 2. The van der Waals surface area contributed by atoms with Crippen molar-refractivity contribution in [3.05, 3.63) is 58.8 Å². The quantitative estimate of drug-likeness (QED) is 0.707. The van der Waals surface area contributed by atoms with E-state index in [0.717, 1.165) is 17.5 Å². The molecule has 0 radical (unpaired) electrons. The van der Waals surface area contributed by atoms with Gasteiger partial charge in [0.25, 0.3) is 5.91 Å². The van der Waals surface area contributed by atoms with E-state index in [1.54, 1.807) is 12.1 Å². The van der Waals surface area contributed by atoms with E-state index in [1.165, 1.54) is 12.1 Å². The minimum atomic E-state index is -0.577. The lowest BCUT2D eigenvalue weighted by atomic mass is 10.1. The molecule has 3 heterocycles. The van der Waals surface area contributed by atoms with E-state index in [4.69, 9.17) is 6.57 Å². The zero-order chi connectivity index (χ0) is 17.6. The summed E-state index contributed by atoms with van der Waals surface area (Å²) in [6.45, 7) is 7.51. The average Bonchev–Trinajstić information content (AvgIpc) is 2.89. The molecule has 0 aliphatic carbocycles. The van der Waals surface area contributed by atoms with E-state index < -0.39 is 5.82 Å². The van der Waals surface area contributed by atoms with Crippen LogP contribution < -0.4 is 10.6 Å². The van der Waals surface area contributed by atoms with Crippen molar-refractivity contribution in [1.82, 2.24) is 14.9 Å². The number of nitrogens with one attached hydrogen (secondary N) is 2. The van der Waals surface area contributed by atoms with Crippen LogP contribution in [-0.4, -0.2) is 22.0 Å². The molecule has 6 nitrogen and oxygen atoms in total. The van der Waals surface area contributed by atoms with Crippen molar-refractivity contribution in [2.75, 3.05) is 11.9 Å². The van der Waals surface area contributed by atoms with Crippen molar-refractivity contribution in [2.45, 2.75) is 6.42 Å². The van der Waals surface area contributed by atoms with Crippen LogP contribution in [0.25, 0.3) is 15.9 Å². The number of halogens is 1. The highest BCUT2D eigenvalue weighted by atomic mass is 19.1. The molecule has 1 aliphatic rings. The van der Waals surface area contributed by atoms with Crippen LogP contribution in [0.5, 0.6) is 0 Å². The molecule has 1 aliphatic heterocycles. The van der Waals surface area contributed by atoms with Gasteiger partial charge < -0.3 is 15.2 Å². The van der Waals surface area contributed by atoms with Crippen LogP contribution in [-0.2, 0) is 13.5 Å². The van der Waals surface area contributed by atoms with Crippen molar-refractivity contribution >= 4 is 34.1 Å². The van der Waals surface area contributed by atoms with Crippen LogP contribution in [0.1, 0.15) is 16.1 Å². The van der Waals surface area contributed by atoms with Crippen LogP contribution in [0.2, 0.25) is 0 Å². The van der Waals surface area contributed by atoms with Gasteiger partial charge in [0.15, 0.2) is 0 Å². The lowest BCUT2D eigenvalue weighted by molar-refractivity contribution is 0.0947. The number of aryl methyl sites for hydroxylation is 1. The molecule has 25 heavy (non-hydrogen) atoms. The second-order valence-electron chi connectivity index (χ2n) is 5.86. The first-order chi connectivity index (χ1) is 12.1. The van der Waals surface area contributed by atoms with Gasteiger partial charge in [-0.2, -0.15) is 0 Å². The van der Waals surface area contributed by atoms with Crippen molar-refractivity contribution < 1.29 is 9.18 Å². The molecule has 124 valence electrons. The van der Waals surface area contributed by atoms with Gasteiger partial charge in [-0.1, -0.05) is 6.07 Å². The molecule has 1 aromatic carbocycles. The standard InChI is InChI=1S/C18H14FN5O/c1-20-13-5-3-10(9-12(13)19)22-15-6-4-11-16-14(7-8-21-18(16)25)24(2)17(11)23-15/h3-6,9H,7-8H2,2H3,(H,21,25)(H,22,23). The summed E-state index contributed by atoms with van der Waals surface area (Å²) in [6, 6.07) is 7.92. The van der Waals surface area contributed by atoms with E-state index in [2.05, 4.69) is 20.5 Å². The summed E-state index contributed by atoms with van der Waals surface area (Å²) in [5, 5.41) is 6.69. The first-order valence-corrected chi connectivity index (χ1v) is 7.79. The van der Waals surface area contributed by atoms with Gasteiger partial charge in [0.05, 0.1) is 12.1 Å². The summed E-state index contributed by atoms with van der Waals surface area (Å²) in [4.78, 5) is 19.8. The predicted octanol–water partition coefficient (Wildman–Crippen LogP) is 3.29. The highest BCUT2D eigenvalue weighted by molar-refractivity contribution is 6.08. The van der Waals surface area contributed by atoms with Gasteiger partial charge in [0.1, 0.15) is 17.3 Å². The lowest BCUT2D eigenvalue weighted by Gasteiger charge is -2.13. The number of pyridine rings is 1. The Kier molecular flexibility index (Phi) is 3.39. The van der Waals surface area contributed by atoms with Crippen molar-refractivity contribution in [1.29, 1.82) is 0 Å². The largest absolute Gasteiger partial charge is 0.352 e. The lowest BCUT2D eigenvalue weighted by Crippen LogP contribution is -2.32. The van der Waals surface area contributed by atoms with Gasteiger partial charge in [-0.3, -0.25) is 4.79 Å². The Hall–Kier alpha value is -3.40. The molecule has 4 rings (SSSR count). The van der Waals surface area contributed by atoms with Gasteiger partial charge in [-0.05, 0) is 24.3 Å². The fourth-order valence-electron chi connectivity index (χ4n) is 3.17. The van der Waals surface area contributed by atoms with Crippen molar-refractivity contribution in [3.8, 4) is 0 Å². The minimum absolute atomic E-state index is 0.0184. The summed E-state index contributed by atoms with van der Waals surface area (Å²) in [5.74, 6) is -0.112. The van der Waals surface area contributed by atoms with E-state index in [1.807, 2.05) is 17.7 Å². The SMILES string of the molecule is [C-]#[N+]c1ccc(Nc2ccc3c4c(n(C)c3n2)CCNC4=O)cc1F. The molecule has 0 saturated carbocycles. The second-order valence-corrected chi connectivity index (χ2v) is 5.86. The van der Waals surface area contributed by atoms with E-state index in [0.29, 0.717) is 29.3 Å². The molecule has 2 aromatic heterocycles. The molecule has 0 bridgehead atoms. The molecule has 0 unspecified atom stereocenters. The summed E-state index contributed by atoms with van der Waals surface area (Å²) in [6.07, 6.45) is 0.764. The Morgan fingerprint density at radius 1 is 1.36 bits per heavy atom. The molecular weight excluding hydrogens is 321 g/mol. The number of amides is 1. The third-order valence-electron chi connectivity index (χ3n) is 4.37. The third kappa shape index (κ3) is 2.39. The van der Waals surface area contributed by atoms with Gasteiger partial charge in [-0.25, -0.2) is 14.2 Å². The zero-order valence-electron chi connectivity index (χ0n) is 13.4. The third-order valence-corrected chi connectivity index (χ3v) is 4.37. The number of hydrogen-bond acceptors (Lipinski definition) is 3. The van der Waals surface area contributed by atoms with Crippen molar-refractivity contribution in [2.24, 2.45) is 7.05 Å². The summed E-state index contributed by atoms with van der Waals surface area (Å²) >= 11 is 0. The van der Waals surface area contributed by atoms with E-state index >= 15 is 0 Å². The Labute approximate surface area is 143 Å². The van der Waals surface area contributed by atoms with Gasteiger partial charge in [0, 0.05) is 36.8 Å². The fraction of sp³-hybridized carbons (Fsp3) is 0.167. The van der Waals surface area contributed by atoms with Crippen LogP contribution in [0.3, 0.4) is 0 Å². The van der Waals surface area contributed by atoms with E-state index in [-0.39, 0.29) is 11.6 Å². The molecule has 7 heteroatoms. The topological polar surface area (TPSA) is 63.3 Å². The van der Waals surface area contributed by atoms with Gasteiger partial charge >= 0.3 is 0 Å². The van der Waals surface area contributed by atoms with Crippen LogP contribution in [0, 0.1) is 12.4 Å². The number of benzene rings is 1. The number of fused-ring (bicyclic) bond motifs is 3. The van der Waals surface area contributed by atoms with Crippen LogP contribution >= 0.6 is 0 Å². The van der Waals surface area contributed by atoms with Crippen molar-refractivity contribution in [3.63, 3.8) is 0 Å². The van der Waals surface area contributed by atoms with E-state index in [9.17, 15) is 9.18 Å². The number of aromatic nitrogens is 2. The number of rotatable bonds is 2. The second kappa shape index (κ2) is 5.60. The smallest absolute Gasteiger partial charge is 0.253 e. The first kappa shape index (κ1) is 15.1. The van der Waals surface area contributed by atoms with Gasteiger partial charge in [0.2, 0.25) is 5.69 Å². The number of carbonyl (C=O) groups is 1. The molecule has 0 atom stereocenters. The number of hydrogen-bond donors (Lipinski definition) is 2. The molecule has 2 N–H and O–H groups in total. The fourth-order valence-corrected chi connectivity index (χ4v) is 3.17. The Morgan fingerprint density at radius 3 is 2.96 bits per heavy atom. The highest BCUT2D eigenvalue weighted by Crippen LogP contribution is 2.29. The predicted molar refractivity (Wildman–Crippen MR) is 92.7 cm³/mol. The van der Waals surface area contributed by atoms with Crippen LogP contribution in [0.4, 0.5) is 21.6 Å². The molecule has 3 aromatic rings.